The zero-order valence-electron chi connectivity index (χ0n) is 22.0. The standard InChI is InChI=1S/C28H35NO7/c1-16(2)19-15-20(17(3)13-22(19)35-6)26(30)24-25(18-9-10-21(34-5)23(14-18)36-7)29(11-8-12-33-4)28(32)27(24)31/h9-10,13-16,25,30H,8,11-12H2,1-7H3/b26-24+. The summed E-state index contributed by atoms with van der Waals surface area (Å²) in [5.74, 6) is 0.184. The van der Waals surface area contributed by atoms with Crippen LogP contribution in [0.4, 0.5) is 0 Å². The van der Waals surface area contributed by atoms with Gasteiger partial charge in [-0.1, -0.05) is 19.9 Å². The number of hydrogen-bond donors (Lipinski definition) is 1. The van der Waals surface area contributed by atoms with Crippen LogP contribution in [0.2, 0.25) is 0 Å². The van der Waals surface area contributed by atoms with Gasteiger partial charge in [-0.2, -0.15) is 0 Å². The third kappa shape index (κ3) is 5.04. The van der Waals surface area contributed by atoms with Gasteiger partial charge in [-0.3, -0.25) is 9.59 Å². The Morgan fingerprint density at radius 2 is 1.64 bits per heavy atom. The molecule has 1 atom stereocenters. The topological polar surface area (TPSA) is 94.5 Å². The first kappa shape index (κ1) is 27.1. The number of Topliss-reactive ketones (excluding diaryl/α,β-unsaturated/α-hetero) is 1. The molecule has 0 bridgehead atoms. The molecule has 1 fully saturated rings. The molecule has 0 saturated carbocycles. The van der Waals surface area contributed by atoms with Gasteiger partial charge in [0.05, 0.1) is 32.9 Å². The fourth-order valence-electron chi connectivity index (χ4n) is 4.59. The van der Waals surface area contributed by atoms with E-state index in [0.29, 0.717) is 41.4 Å². The first-order chi connectivity index (χ1) is 17.2. The minimum Gasteiger partial charge on any atom is -0.507 e. The fourth-order valence-corrected chi connectivity index (χ4v) is 4.59. The summed E-state index contributed by atoms with van der Waals surface area (Å²) in [7, 11) is 6.24. The van der Waals surface area contributed by atoms with E-state index in [4.69, 9.17) is 18.9 Å². The Hall–Kier alpha value is -3.52. The molecule has 0 aliphatic carbocycles. The number of aliphatic hydroxyl groups is 1. The summed E-state index contributed by atoms with van der Waals surface area (Å²) in [6.07, 6.45) is 0.534. The average molecular weight is 498 g/mol. The van der Waals surface area contributed by atoms with Crippen molar-refractivity contribution in [1.29, 1.82) is 0 Å². The summed E-state index contributed by atoms with van der Waals surface area (Å²) in [5, 5.41) is 11.6. The predicted octanol–water partition coefficient (Wildman–Crippen LogP) is 4.60. The minimum absolute atomic E-state index is 0.0348. The van der Waals surface area contributed by atoms with E-state index in [1.165, 1.54) is 19.1 Å². The van der Waals surface area contributed by atoms with Gasteiger partial charge in [0.2, 0.25) is 0 Å². The molecule has 8 heteroatoms. The Bertz CT molecular complexity index is 1170. The molecular formula is C28H35NO7. The molecule has 1 unspecified atom stereocenters. The number of rotatable bonds is 10. The molecule has 36 heavy (non-hydrogen) atoms. The lowest BCUT2D eigenvalue weighted by molar-refractivity contribution is -0.140. The average Bonchev–Trinajstić information content (AvgIpc) is 3.12. The van der Waals surface area contributed by atoms with E-state index in [-0.39, 0.29) is 23.8 Å². The second kappa shape index (κ2) is 11.5. The molecule has 2 aromatic rings. The van der Waals surface area contributed by atoms with Crippen LogP contribution in [0.5, 0.6) is 17.2 Å². The number of methoxy groups -OCH3 is 4. The Morgan fingerprint density at radius 3 is 2.22 bits per heavy atom. The van der Waals surface area contributed by atoms with Crippen molar-refractivity contribution in [1.82, 2.24) is 4.90 Å². The third-order valence-electron chi connectivity index (χ3n) is 6.46. The molecular weight excluding hydrogens is 462 g/mol. The number of hydrogen-bond acceptors (Lipinski definition) is 7. The smallest absolute Gasteiger partial charge is 0.295 e. The van der Waals surface area contributed by atoms with Crippen LogP contribution >= 0.6 is 0 Å². The molecule has 0 radical (unpaired) electrons. The van der Waals surface area contributed by atoms with Crippen molar-refractivity contribution in [2.75, 3.05) is 41.6 Å². The first-order valence-electron chi connectivity index (χ1n) is 11.9. The zero-order chi connectivity index (χ0) is 26.6. The highest BCUT2D eigenvalue weighted by atomic mass is 16.5. The third-order valence-corrected chi connectivity index (χ3v) is 6.46. The second-order valence-corrected chi connectivity index (χ2v) is 9.02. The Balaban J connectivity index is 2.25. The number of nitrogens with zero attached hydrogens (tertiary/aromatic N) is 1. The van der Waals surface area contributed by atoms with Crippen molar-refractivity contribution in [3.63, 3.8) is 0 Å². The van der Waals surface area contributed by atoms with Gasteiger partial charge < -0.3 is 29.0 Å². The highest BCUT2D eigenvalue weighted by Crippen LogP contribution is 2.43. The highest BCUT2D eigenvalue weighted by molar-refractivity contribution is 6.46. The van der Waals surface area contributed by atoms with E-state index in [0.717, 1.165) is 11.1 Å². The summed E-state index contributed by atoms with van der Waals surface area (Å²) in [4.78, 5) is 28.0. The summed E-state index contributed by atoms with van der Waals surface area (Å²) in [6.45, 7) is 6.59. The maximum Gasteiger partial charge on any atom is 0.295 e. The van der Waals surface area contributed by atoms with Crippen molar-refractivity contribution >= 4 is 17.4 Å². The van der Waals surface area contributed by atoms with Crippen LogP contribution in [-0.4, -0.2) is 63.3 Å². The van der Waals surface area contributed by atoms with Crippen LogP contribution < -0.4 is 14.2 Å². The Kier molecular flexibility index (Phi) is 8.63. The van der Waals surface area contributed by atoms with Crippen LogP contribution in [0.3, 0.4) is 0 Å². The van der Waals surface area contributed by atoms with Gasteiger partial charge in [0, 0.05) is 25.8 Å². The lowest BCUT2D eigenvalue weighted by Crippen LogP contribution is -2.31. The molecule has 0 aromatic heterocycles. The lowest BCUT2D eigenvalue weighted by atomic mass is 9.91. The fraction of sp³-hybridized carbons (Fsp3) is 0.429. The largest absolute Gasteiger partial charge is 0.507 e. The SMILES string of the molecule is COCCCN1C(=O)C(=O)/C(=C(/O)c2cc(C(C)C)c(OC)cc2C)C1c1ccc(OC)c(OC)c1. The molecule has 8 nitrogen and oxygen atoms in total. The number of amides is 1. The number of aliphatic hydroxyl groups excluding tert-OH is 1. The number of likely N-dealkylation sites (tertiary alicyclic amines) is 1. The predicted molar refractivity (Wildman–Crippen MR) is 137 cm³/mol. The number of ether oxygens (including phenoxy) is 4. The van der Waals surface area contributed by atoms with Gasteiger partial charge in [0.25, 0.3) is 11.7 Å². The lowest BCUT2D eigenvalue weighted by Gasteiger charge is -2.26. The van der Waals surface area contributed by atoms with Crippen LogP contribution in [0.25, 0.3) is 5.76 Å². The number of carbonyl (C=O) groups is 2. The molecule has 1 amide bonds. The van der Waals surface area contributed by atoms with Crippen molar-refractivity contribution < 1.29 is 33.6 Å². The van der Waals surface area contributed by atoms with Gasteiger partial charge >= 0.3 is 0 Å². The van der Waals surface area contributed by atoms with E-state index in [1.54, 1.807) is 32.4 Å². The van der Waals surface area contributed by atoms with Crippen molar-refractivity contribution in [2.45, 2.75) is 39.2 Å². The van der Waals surface area contributed by atoms with Gasteiger partial charge in [0.15, 0.2) is 11.5 Å². The molecule has 1 aliphatic heterocycles. The van der Waals surface area contributed by atoms with Crippen LogP contribution in [0, 0.1) is 6.92 Å². The van der Waals surface area contributed by atoms with Gasteiger partial charge in [0.1, 0.15) is 11.5 Å². The summed E-state index contributed by atoms with van der Waals surface area (Å²) < 4.78 is 21.5. The Morgan fingerprint density at radius 1 is 0.972 bits per heavy atom. The number of ketones is 1. The van der Waals surface area contributed by atoms with Crippen LogP contribution in [-0.2, 0) is 14.3 Å². The van der Waals surface area contributed by atoms with Crippen molar-refractivity contribution in [3.05, 3.63) is 58.2 Å². The monoisotopic (exact) mass is 497 g/mol. The second-order valence-electron chi connectivity index (χ2n) is 9.02. The molecule has 1 saturated heterocycles. The maximum atomic E-state index is 13.4. The van der Waals surface area contributed by atoms with E-state index >= 15 is 0 Å². The van der Waals surface area contributed by atoms with Gasteiger partial charge in [-0.25, -0.2) is 0 Å². The van der Waals surface area contributed by atoms with Crippen LogP contribution in [0.1, 0.15) is 54.5 Å². The first-order valence-corrected chi connectivity index (χ1v) is 11.9. The highest BCUT2D eigenvalue weighted by Gasteiger charge is 2.46. The van der Waals surface area contributed by atoms with Gasteiger partial charge in [-0.05, 0) is 60.2 Å². The van der Waals surface area contributed by atoms with Crippen LogP contribution in [0.15, 0.2) is 35.9 Å². The van der Waals surface area contributed by atoms with E-state index < -0.39 is 17.7 Å². The molecule has 1 aliphatic rings. The molecule has 2 aromatic carbocycles. The molecule has 1 N–H and O–H groups in total. The minimum atomic E-state index is -0.800. The normalized spacial score (nSPS) is 17.1. The quantitative estimate of drug-likeness (QED) is 0.222. The summed E-state index contributed by atoms with van der Waals surface area (Å²) in [6, 6.07) is 8.09. The zero-order valence-corrected chi connectivity index (χ0v) is 22.0. The summed E-state index contributed by atoms with van der Waals surface area (Å²) >= 11 is 0. The van der Waals surface area contributed by atoms with E-state index in [1.807, 2.05) is 32.9 Å². The van der Waals surface area contributed by atoms with Crippen molar-refractivity contribution in [2.24, 2.45) is 0 Å². The molecule has 0 spiro atoms. The number of aryl methyl sites for hydroxylation is 1. The molecule has 3 rings (SSSR count). The van der Waals surface area contributed by atoms with E-state index in [9.17, 15) is 14.7 Å². The molecule has 1 heterocycles. The maximum absolute atomic E-state index is 13.4. The van der Waals surface area contributed by atoms with E-state index in [2.05, 4.69) is 0 Å². The number of carbonyl (C=O) groups excluding carboxylic acids is 2. The Labute approximate surface area is 212 Å². The number of benzene rings is 2. The molecule has 194 valence electrons. The summed E-state index contributed by atoms with van der Waals surface area (Å²) in [5.41, 5.74) is 2.76. The van der Waals surface area contributed by atoms with Gasteiger partial charge in [-0.15, -0.1) is 0 Å². The van der Waals surface area contributed by atoms with Crippen molar-refractivity contribution in [3.8, 4) is 17.2 Å².